The first-order chi connectivity index (χ1) is 11.3. The highest BCUT2D eigenvalue weighted by Gasteiger charge is 2.29. The molecule has 1 fully saturated rings. The Balaban J connectivity index is 1.62. The number of likely N-dealkylation sites (N-methyl/N-ethyl adjacent to an activating group) is 1. The van der Waals surface area contributed by atoms with E-state index in [1.807, 2.05) is 24.0 Å². The number of nitrogens with zero attached hydrogens (tertiary/aromatic N) is 3. The number of likely N-dealkylation sites (tertiary alicyclic amines) is 1. The lowest BCUT2D eigenvalue weighted by atomic mass is 10.1. The molecule has 0 aliphatic carbocycles. The highest BCUT2D eigenvalue weighted by Crippen LogP contribution is 2.46. The molecule has 1 saturated heterocycles. The minimum Gasteiger partial charge on any atom is -0.325 e. The summed E-state index contributed by atoms with van der Waals surface area (Å²) in [7, 11) is 2.42. The largest absolute Gasteiger partial charge is 0.325 e. The summed E-state index contributed by atoms with van der Waals surface area (Å²) in [5.74, 6) is 1.12. The number of hydrogen-bond donors (Lipinski definition) is 0. The van der Waals surface area contributed by atoms with E-state index >= 15 is 0 Å². The molecule has 1 aromatic carbocycles. The average molecular weight is 326 g/mol. The molecule has 4 heteroatoms. The summed E-state index contributed by atoms with van der Waals surface area (Å²) in [5, 5.41) is 0. The Morgan fingerprint density at radius 1 is 1.04 bits per heavy atom. The Labute approximate surface area is 142 Å². The monoisotopic (exact) mass is 326 g/mol. The fourth-order valence-corrected chi connectivity index (χ4v) is 4.80. The van der Waals surface area contributed by atoms with E-state index in [9.17, 15) is 0 Å². The van der Waals surface area contributed by atoms with E-state index in [0.29, 0.717) is 0 Å². The van der Waals surface area contributed by atoms with E-state index in [-0.39, 0.29) is 0 Å². The van der Waals surface area contributed by atoms with Crippen molar-refractivity contribution >= 4 is 23.3 Å². The van der Waals surface area contributed by atoms with Gasteiger partial charge in [0, 0.05) is 11.1 Å². The number of quaternary nitrogens is 1. The van der Waals surface area contributed by atoms with Crippen molar-refractivity contribution < 1.29 is 4.48 Å². The van der Waals surface area contributed by atoms with Gasteiger partial charge in [0.1, 0.15) is 5.82 Å². The first-order valence-electron chi connectivity index (χ1n) is 8.58. The van der Waals surface area contributed by atoms with Crippen LogP contribution in [0, 0.1) is 0 Å². The first kappa shape index (κ1) is 15.0. The molecule has 0 spiro atoms. The van der Waals surface area contributed by atoms with Gasteiger partial charge in [-0.05, 0) is 43.5 Å². The Bertz CT molecular complexity index is 649. The van der Waals surface area contributed by atoms with E-state index in [1.165, 1.54) is 58.9 Å². The highest BCUT2D eigenvalue weighted by atomic mass is 32.2. The summed E-state index contributed by atoms with van der Waals surface area (Å²) in [6.45, 7) is 4.87. The molecule has 2 aromatic rings. The molecule has 2 aliphatic heterocycles. The summed E-state index contributed by atoms with van der Waals surface area (Å²) in [6, 6.07) is 12.9. The van der Waals surface area contributed by atoms with Crippen LogP contribution in [-0.4, -0.2) is 42.7 Å². The minimum atomic E-state index is 1.04. The molecule has 0 amide bonds. The number of pyridine rings is 1. The lowest BCUT2D eigenvalue weighted by Crippen LogP contribution is -2.51. The lowest BCUT2D eigenvalue weighted by molar-refractivity contribution is -0.912. The number of fused-ring (bicyclic) bond motifs is 2. The standard InChI is InChI=1S/C19H24N3S/c1-22(13-5-2-6-14-22)15-12-21-16-8-3-4-9-17(16)23-18-10-7-11-20-19(18)21/h3-4,7-11H,2,5-6,12-15H2,1H3/q+1. The van der Waals surface area contributed by atoms with Gasteiger partial charge in [-0.25, -0.2) is 4.98 Å². The second kappa shape index (κ2) is 6.17. The molecule has 2 aliphatic rings. The molecule has 0 bridgehead atoms. The third kappa shape index (κ3) is 2.98. The predicted octanol–water partition coefficient (Wildman–Crippen LogP) is 4.31. The van der Waals surface area contributed by atoms with Crippen LogP contribution in [0.1, 0.15) is 19.3 Å². The van der Waals surface area contributed by atoms with E-state index in [1.54, 1.807) is 0 Å². The van der Waals surface area contributed by atoms with Crippen LogP contribution in [0.3, 0.4) is 0 Å². The molecule has 23 heavy (non-hydrogen) atoms. The fourth-order valence-electron chi connectivity index (χ4n) is 3.73. The SMILES string of the molecule is C[N+]1(CCN2c3ccccc3Sc3cccnc32)CCCCC1. The van der Waals surface area contributed by atoms with Crippen molar-refractivity contribution in [3.05, 3.63) is 42.6 Å². The number of anilines is 2. The second-order valence-corrected chi connectivity index (χ2v) is 7.98. The van der Waals surface area contributed by atoms with Crippen LogP contribution < -0.4 is 4.90 Å². The molecule has 3 heterocycles. The highest BCUT2D eigenvalue weighted by molar-refractivity contribution is 7.99. The Hall–Kier alpha value is -1.52. The molecule has 4 rings (SSSR count). The molecule has 0 atom stereocenters. The van der Waals surface area contributed by atoms with Gasteiger partial charge in [-0.2, -0.15) is 0 Å². The number of aromatic nitrogens is 1. The molecule has 0 saturated carbocycles. The van der Waals surface area contributed by atoms with E-state index in [4.69, 9.17) is 0 Å². The number of piperidine rings is 1. The predicted molar refractivity (Wildman–Crippen MR) is 96.4 cm³/mol. The maximum atomic E-state index is 4.68. The van der Waals surface area contributed by atoms with Gasteiger partial charge in [-0.1, -0.05) is 23.9 Å². The third-order valence-corrected chi connectivity index (χ3v) is 6.25. The summed E-state index contributed by atoms with van der Waals surface area (Å²) < 4.78 is 1.20. The van der Waals surface area contributed by atoms with Crippen LogP contribution in [-0.2, 0) is 0 Å². The number of rotatable bonds is 3. The van der Waals surface area contributed by atoms with Crippen LogP contribution in [0.2, 0.25) is 0 Å². The van der Waals surface area contributed by atoms with Gasteiger partial charge in [0.15, 0.2) is 0 Å². The summed E-state index contributed by atoms with van der Waals surface area (Å²) in [4.78, 5) is 9.73. The van der Waals surface area contributed by atoms with Crippen LogP contribution >= 0.6 is 11.8 Å². The maximum Gasteiger partial charge on any atom is 0.147 e. The molecule has 120 valence electrons. The lowest BCUT2D eigenvalue weighted by Gasteiger charge is -2.40. The summed E-state index contributed by atoms with van der Waals surface area (Å²) >= 11 is 1.84. The van der Waals surface area contributed by atoms with Gasteiger partial charge in [-0.3, -0.25) is 0 Å². The van der Waals surface area contributed by atoms with Gasteiger partial charge in [-0.15, -0.1) is 0 Å². The van der Waals surface area contributed by atoms with E-state index in [2.05, 4.69) is 47.3 Å². The van der Waals surface area contributed by atoms with Crippen LogP contribution in [0.25, 0.3) is 0 Å². The van der Waals surface area contributed by atoms with Crippen molar-refractivity contribution in [2.24, 2.45) is 0 Å². The zero-order valence-corrected chi connectivity index (χ0v) is 14.6. The molecular weight excluding hydrogens is 302 g/mol. The molecule has 0 N–H and O–H groups in total. The van der Waals surface area contributed by atoms with Crippen LogP contribution in [0.5, 0.6) is 0 Å². The van der Waals surface area contributed by atoms with Gasteiger partial charge >= 0.3 is 0 Å². The minimum absolute atomic E-state index is 1.04. The fraction of sp³-hybridized carbons (Fsp3) is 0.421. The summed E-state index contributed by atoms with van der Waals surface area (Å²) in [5.41, 5.74) is 1.31. The van der Waals surface area contributed by atoms with Gasteiger partial charge in [0.05, 0.1) is 43.8 Å². The van der Waals surface area contributed by atoms with Gasteiger partial charge in [0.2, 0.25) is 0 Å². The molecular formula is C19H24N3S+. The van der Waals surface area contributed by atoms with Crippen molar-refractivity contribution in [3.8, 4) is 0 Å². The number of benzene rings is 1. The third-order valence-electron chi connectivity index (χ3n) is 5.14. The van der Waals surface area contributed by atoms with E-state index < -0.39 is 0 Å². The molecule has 1 aromatic heterocycles. The Morgan fingerprint density at radius 3 is 2.70 bits per heavy atom. The smallest absolute Gasteiger partial charge is 0.147 e. The molecule has 3 nitrogen and oxygen atoms in total. The summed E-state index contributed by atoms with van der Waals surface area (Å²) in [6.07, 6.45) is 6.06. The average Bonchev–Trinajstić information content (AvgIpc) is 2.59. The quantitative estimate of drug-likeness (QED) is 0.782. The van der Waals surface area contributed by atoms with Crippen molar-refractivity contribution in [3.63, 3.8) is 0 Å². The Kier molecular flexibility index (Phi) is 4.04. The topological polar surface area (TPSA) is 16.1 Å². The van der Waals surface area contributed by atoms with Gasteiger partial charge in [0.25, 0.3) is 0 Å². The molecule has 0 radical (unpaired) electrons. The zero-order valence-electron chi connectivity index (χ0n) is 13.7. The van der Waals surface area contributed by atoms with Crippen molar-refractivity contribution in [2.75, 3.05) is 38.1 Å². The van der Waals surface area contributed by atoms with Crippen LogP contribution in [0.15, 0.2) is 52.4 Å². The normalized spacial score (nSPS) is 19.1. The van der Waals surface area contributed by atoms with Crippen molar-refractivity contribution in [1.29, 1.82) is 0 Å². The first-order valence-corrected chi connectivity index (χ1v) is 9.40. The Morgan fingerprint density at radius 2 is 1.83 bits per heavy atom. The van der Waals surface area contributed by atoms with E-state index in [0.717, 1.165) is 12.4 Å². The maximum absolute atomic E-state index is 4.68. The number of hydrogen-bond acceptors (Lipinski definition) is 3. The zero-order chi connectivity index (χ0) is 15.7. The van der Waals surface area contributed by atoms with Crippen molar-refractivity contribution in [2.45, 2.75) is 29.1 Å². The van der Waals surface area contributed by atoms with Gasteiger partial charge < -0.3 is 9.38 Å². The molecule has 0 unspecified atom stereocenters. The van der Waals surface area contributed by atoms with Crippen molar-refractivity contribution in [1.82, 2.24) is 4.98 Å². The van der Waals surface area contributed by atoms with Crippen LogP contribution in [0.4, 0.5) is 11.5 Å². The second-order valence-electron chi connectivity index (χ2n) is 6.90. The number of para-hydroxylation sites is 1.